The van der Waals surface area contributed by atoms with Gasteiger partial charge in [0.25, 0.3) is 5.91 Å². The van der Waals surface area contributed by atoms with Crippen LogP contribution in [0.2, 0.25) is 0 Å². The number of methoxy groups -OCH3 is 1. The second kappa shape index (κ2) is 8.18. The molecule has 0 N–H and O–H groups in total. The lowest BCUT2D eigenvalue weighted by molar-refractivity contribution is 0.0632. The van der Waals surface area contributed by atoms with Crippen LogP contribution in [0.5, 0.6) is 5.75 Å². The van der Waals surface area contributed by atoms with E-state index in [0.29, 0.717) is 25.4 Å². The molecule has 0 saturated carbocycles. The van der Waals surface area contributed by atoms with Crippen LogP contribution in [0.15, 0.2) is 24.3 Å². The molecule has 1 aliphatic rings. The van der Waals surface area contributed by atoms with Crippen molar-refractivity contribution < 1.29 is 13.9 Å². The third-order valence-corrected chi connectivity index (χ3v) is 5.99. The largest absolute Gasteiger partial charge is 0.496 e. The fourth-order valence-electron chi connectivity index (χ4n) is 3.35. The van der Waals surface area contributed by atoms with E-state index in [1.807, 2.05) is 11.0 Å². The van der Waals surface area contributed by atoms with Crippen LogP contribution in [-0.2, 0) is 13.0 Å². The molecule has 4 nitrogen and oxygen atoms in total. The molecule has 1 aliphatic heterocycles. The van der Waals surface area contributed by atoms with Gasteiger partial charge in [-0.1, -0.05) is 6.92 Å². The van der Waals surface area contributed by atoms with Gasteiger partial charge in [-0.2, -0.15) is 0 Å². The van der Waals surface area contributed by atoms with Crippen molar-refractivity contribution in [1.29, 1.82) is 0 Å². The van der Waals surface area contributed by atoms with E-state index in [1.54, 1.807) is 24.5 Å². The van der Waals surface area contributed by atoms with Crippen LogP contribution >= 0.6 is 11.3 Å². The molecular weight excluding hydrogens is 351 g/mol. The van der Waals surface area contributed by atoms with Gasteiger partial charge in [0, 0.05) is 43.2 Å². The van der Waals surface area contributed by atoms with E-state index in [-0.39, 0.29) is 11.7 Å². The van der Waals surface area contributed by atoms with E-state index in [4.69, 9.17) is 4.74 Å². The molecule has 1 saturated heterocycles. The van der Waals surface area contributed by atoms with Gasteiger partial charge in [0.1, 0.15) is 11.6 Å². The number of hydrogen-bond acceptors (Lipinski definition) is 4. The highest BCUT2D eigenvalue weighted by atomic mass is 32.1. The summed E-state index contributed by atoms with van der Waals surface area (Å²) in [5.41, 5.74) is 2.10. The smallest absolute Gasteiger partial charge is 0.264 e. The van der Waals surface area contributed by atoms with Crippen LogP contribution in [-0.4, -0.2) is 49.0 Å². The summed E-state index contributed by atoms with van der Waals surface area (Å²) >= 11 is 1.59. The number of halogens is 1. The molecule has 1 amide bonds. The lowest BCUT2D eigenvalue weighted by Gasteiger charge is -2.34. The molecule has 26 heavy (non-hydrogen) atoms. The van der Waals surface area contributed by atoms with Crippen LogP contribution in [0.4, 0.5) is 4.39 Å². The topological polar surface area (TPSA) is 32.8 Å². The molecule has 0 unspecified atom stereocenters. The minimum atomic E-state index is -0.255. The lowest BCUT2D eigenvalue weighted by Crippen LogP contribution is -2.48. The Bertz CT molecular complexity index is 782. The van der Waals surface area contributed by atoms with Crippen LogP contribution in [0.25, 0.3) is 0 Å². The number of carbonyl (C=O) groups is 1. The first-order valence-corrected chi connectivity index (χ1v) is 9.76. The number of piperazine rings is 1. The Labute approximate surface area is 158 Å². The molecule has 140 valence electrons. The molecule has 0 spiro atoms. The number of nitrogens with zero attached hydrogens (tertiary/aromatic N) is 2. The number of ether oxygens (including phenoxy) is 1. The summed E-state index contributed by atoms with van der Waals surface area (Å²) in [6, 6.07) is 6.63. The molecule has 0 bridgehead atoms. The molecule has 2 aromatic rings. The molecular formula is C20H25FN2O2S. The number of rotatable bonds is 5. The minimum absolute atomic E-state index is 0.126. The first-order valence-electron chi connectivity index (χ1n) is 8.95. The Balaban J connectivity index is 1.60. The van der Waals surface area contributed by atoms with E-state index in [9.17, 15) is 9.18 Å². The molecule has 1 aromatic heterocycles. The SMILES string of the molecule is CCc1cc(C(=O)N2CCN(Cc3cc(F)ccc3OC)CC2)sc1C. The quantitative estimate of drug-likeness (QED) is 0.797. The molecule has 1 aromatic carbocycles. The Morgan fingerprint density at radius 2 is 1.92 bits per heavy atom. The monoisotopic (exact) mass is 376 g/mol. The molecule has 0 atom stereocenters. The van der Waals surface area contributed by atoms with Crippen molar-refractivity contribution in [3.63, 3.8) is 0 Å². The number of hydrogen-bond donors (Lipinski definition) is 0. The van der Waals surface area contributed by atoms with Crippen LogP contribution in [0, 0.1) is 12.7 Å². The van der Waals surface area contributed by atoms with E-state index in [0.717, 1.165) is 30.0 Å². The van der Waals surface area contributed by atoms with Gasteiger partial charge in [-0.05, 0) is 43.2 Å². The van der Waals surface area contributed by atoms with Crippen molar-refractivity contribution in [3.8, 4) is 5.75 Å². The third kappa shape index (κ3) is 4.07. The Morgan fingerprint density at radius 1 is 1.19 bits per heavy atom. The van der Waals surface area contributed by atoms with Crippen molar-refractivity contribution in [2.45, 2.75) is 26.8 Å². The Kier molecular flexibility index (Phi) is 5.94. The summed E-state index contributed by atoms with van der Waals surface area (Å²) < 4.78 is 18.9. The predicted molar refractivity (Wildman–Crippen MR) is 103 cm³/mol. The van der Waals surface area contributed by atoms with E-state index in [1.165, 1.54) is 22.6 Å². The van der Waals surface area contributed by atoms with Crippen molar-refractivity contribution in [2.75, 3.05) is 33.3 Å². The Morgan fingerprint density at radius 3 is 2.54 bits per heavy atom. The third-order valence-electron chi connectivity index (χ3n) is 4.91. The number of thiophene rings is 1. The van der Waals surface area contributed by atoms with Gasteiger partial charge in [-0.25, -0.2) is 4.39 Å². The normalized spacial score (nSPS) is 15.3. The van der Waals surface area contributed by atoms with Gasteiger partial charge in [0.05, 0.1) is 12.0 Å². The highest BCUT2D eigenvalue weighted by molar-refractivity contribution is 7.14. The highest BCUT2D eigenvalue weighted by Gasteiger charge is 2.24. The number of aryl methyl sites for hydroxylation is 2. The van der Waals surface area contributed by atoms with Crippen LogP contribution in [0.1, 0.15) is 32.6 Å². The van der Waals surface area contributed by atoms with Gasteiger partial charge >= 0.3 is 0 Å². The zero-order chi connectivity index (χ0) is 18.7. The summed E-state index contributed by atoms with van der Waals surface area (Å²) in [7, 11) is 1.60. The van der Waals surface area contributed by atoms with Crippen LogP contribution < -0.4 is 4.74 Å². The molecule has 0 radical (unpaired) electrons. The van der Waals surface area contributed by atoms with Gasteiger partial charge in [0.2, 0.25) is 0 Å². The van der Waals surface area contributed by atoms with Crippen molar-refractivity contribution >= 4 is 17.2 Å². The van der Waals surface area contributed by atoms with Crippen LogP contribution in [0.3, 0.4) is 0 Å². The van der Waals surface area contributed by atoms with Crippen molar-refractivity contribution in [3.05, 3.63) is 51.0 Å². The summed E-state index contributed by atoms with van der Waals surface area (Å²) in [5, 5.41) is 0. The molecule has 3 rings (SSSR count). The van der Waals surface area contributed by atoms with Crippen molar-refractivity contribution in [1.82, 2.24) is 9.80 Å². The van der Waals surface area contributed by atoms with Gasteiger partial charge < -0.3 is 9.64 Å². The van der Waals surface area contributed by atoms with E-state index < -0.39 is 0 Å². The maximum atomic E-state index is 13.5. The fourth-order valence-corrected chi connectivity index (χ4v) is 4.43. The van der Waals surface area contributed by atoms with Gasteiger partial charge in [-0.15, -0.1) is 11.3 Å². The van der Waals surface area contributed by atoms with Crippen molar-refractivity contribution in [2.24, 2.45) is 0 Å². The standard InChI is InChI=1S/C20H25FN2O2S/c1-4-15-12-19(26-14(15)2)20(24)23-9-7-22(8-10-23)13-16-11-17(21)5-6-18(16)25-3/h5-6,11-12H,4,7-10,13H2,1-3H3. The first-order chi connectivity index (χ1) is 12.5. The second-order valence-electron chi connectivity index (χ2n) is 6.57. The number of benzene rings is 1. The minimum Gasteiger partial charge on any atom is -0.496 e. The maximum Gasteiger partial charge on any atom is 0.264 e. The van der Waals surface area contributed by atoms with E-state index >= 15 is 0 Å². The zero-order valence-electron chi connectivity index (χ0n) is 15.5. The molecule has 6 heteroatoms. The second-order valence-corrected chi connectivity index (χ2v) is 7.83. The summed E-state index contributed by atoms with van der Waals surface area (Å²) in [6.45, 7) is 7.74. The Hall–Kier alpha value is -1.92. The summed E-state index contributed by atoms with van der Waals surface area (Å²) in [4.78, 5) is 19.0. The van der Waals surface area contributed by atoms with E-state index in [2.05, 4.69) is 18.7 Å². The first kappa shape index (κ1) is 18.9. The van der Waals surface area contributed by atoms with Gasteiger partial charge in [0.15, 0.2) is 0 Å². The summed E-state index contributed by atoms with van der Waals surface area (Å²) in [6.07, 6.45) is 0.957. The summed E-state index contributed by atoms with van der Waals surface area (Å²) in [5.74, 6) is 0.571. The maximum absolute atomic E-state index is 13.5. The molecule has 2 heterocycles. The van der Waals surface area contributed by atoms with Gasteiger partial charge in [-0.3, -0.25) is 9.69 Å². The lowest BCUT2D eigenvalue weighted by atomic mass is 10.1. The average Bonchev–Trinajstić information content (AvgIpc) is 3.03. The fraction of sp³-hybridized carbons (Fsp3) is 0.450. The number of amides is 1. The number of carbonyl (C=O) groups excluding carboxylic acids is 1. The zero-order valence-corrected chi connectivity index (χ0v) is 16.4. The molecule has 1 fully saturated rings. The molecule has 0 aliphatic carbocycles. The average molecular weight is 376 g/mol. The predicted octanol–water partition coefficient (Wildman–Crippen LogP) is 3.72. The highest BCUT2D eigenvalue weighted by Crippen LogP contribution is 2.25.